The standard InChI is InChI=1S/C18H26N2O/c1-14-6-5-7-15(19)16(14)17(21)20-12-10-18(11-13-20)8-3-2-4-9-18/h5-7H,2-4,8-13,19H2,1H3. The van der Waals surface area contributed by atoms with Crippen molar-refractivity contribution >= 4 is 11.6 Å². The van der Waals surface area contributed by atoms with Crippen LogP contribution in [0.3, 0.4) is 0 Å². The van der Waals surface area contributed by atoms with Crippen LogP contribution in [-0.2, 0) is 0 Å². The maximum atomic E-state index is 12.8. The lowest BCUT2D eigenvalue weighted by Gasteiger charge is -2.44. The SMILES string of the molecule is Cc1cccc(N)c1C(=O)N1CCC2(CCCCC2)CC1. The number of piperidine rings is 1. The molecule has 1 spiro atoms. The Bertz CT molecular complexity index is 502. The maximum absolute atomic E-state index is 12.8. The van der Waals surface area contributed by atoms with Gasteiger partial charge >= 0.3 is 0 Å². The van der Waals surface area contributed by atoms with Crippen LogP contribution in [0.1, 0.15) is 60.9 Å². The number of benzene rings is 1. The number of hydrogen-bond acceptors (Lipinski definition) is 2. The number of rotatable bonds is 1. The average molecular weight is 286 g/mol. The Labute approximate surface area is 127 Å². The minimum absolute atomic E-state index is 0.122. The van der Waals surface area contributed by atoms with Crippen LogP contribution in [-0.4, -0.2) is 23.9 Å². The first-order valence-electron chi connectivity index (χ1n) is 8.26. The number of hydrogen-bond donors (Lipinski definition) is 1. The van der Waals surface area contributed by atoms with Gasteiger partial charge in [0.15, 0.2) is 0 Å². The third-order valence-corrected chi connectivity index (χ3v) is 5.54. The van der Waals surface area contributed by atoms with Crippen LogP contribution in [0, 0.1) is 12.3 Å². The number of nitrogens with two attached hydrogens (primary N) is 1. The van der Waals surface area contributed by atoms with E-state index in [9.17, 15) is 4.79 Å². The summed E-state index contributed by atoms with van der Waals surface area (Å²) in [6.07, 6.45) is 9.21. The summed E-state index contributed by atoms with van der Waals surface area (Å²) in [5.74, 6) is 0.122. The van der Waals surface area contributed by atoms with Crippen LogP contribution in [0.5, 0.6) is 0 Å². The quantitative estimate of drug-likeness (QED) is 0.799. The van der Waals surface area contributed by atoms with Crippen LogP contribution >= 0.6 is 0 Å². The van der Waals surface area contributed by atoms with Gasteiger partial charge in [0, 0.05) is 18.8 Å². The topological polar surface area (TPSA) is 46.3 Å². The molecule has 3 nitrogen and oxygen atoms in total. The van der Waals surface area contributed by atoms with Gasteiger partial charge in [-0.2, -0.15) is 0 Å². The highest BCUT2D eigenvalue weighted by atomic mass is 16.2. The van der Waals surface area contributed by atoms with Crippen molar-refractivity contribution in [3.05, 3.63) is 29.3 Å². The Morgan fingerprint density at radius 3 is 2.38 bits per heavy atom. The van der Waals surface area contributed by atoms with Crippen LogP contribution in [0.25, 0.3) is 0 Å². The fourth-order valence-electron chi connectivity index (χ4n) is 4.13. The number of nitrogen functional groups attached to an aromatic ring is 1. The van der Waals surface area contributed by atoms with E-state index in [2.05, 4.69) is 0 Å². The molecule has 114 valence electrons. The van der Waals surface area contributed by atoms with Crippen molar-refractivity contribution in [1.29, 1.82) is 0 Å². The number of nitrogens with zero attached hydrogens (tertiary/aromatic N) is 1. The first kappa shape index (κ1) is 14.4. The summed E-state index contributed by atoms with van der Waals surface area (Å²) in [6.45, 7) is 3.76. The molecule has 1 aromatic carbocycles. The Morgan fingerprint density at radius 1 is 1.10 bits per heavy atom. The molecule has 0 aromatic heterocycles. The molecule has 3 heteroatoms. The third-order valence-electron chi connectivity index (χ3n) is 5.54. The van der Waals surface area contributed by atoms with E-state index < -0.39 is 0 Å². The van der Waals surface area contributed by atoms with Crippen molar-refractivity contribution in [1.82, 2.24) is 4.90 Å². The first-order valence-corrected chi connectivity index (χ1v) is 8.26. The molecule has 1 aliphatic carbocycles. The van der Waals surface area contributed by atoms with E-state index in [-0.39, 0.29) is 5.91 Å². The smallest absolute Gasteiger partial charge is 0.256 e. The van der Waals surface area contributed by atoms with Crippen LogP contribution < -0.4 is 5.73 Å². The molecule has 0 bridgehead atoms. The molecule has 3 rings (SSSR count). The predicted molar refractivity (Wildman–Crippen MR) is 86.2 cm³/mol. The molecule has 1 amide bonds. The molecule has 0 atom stereocenters. The molecule has 2 N–H and O–H groups in total. The van der Waals surface area contributed by atoms with E-state index >= 15 is 0 Å². The lowest BCUT2D eigenvalue weighted by molar-refractivity contribution is 0.0472. The highest BCUT2D eigenvalue weighted by Gasteiger charge is 2.37. The molecular formula is C18H26N2O. The van der Waals surface area contributed by atoms with Gasteiger partial charge in [0.25, 0.3) is 5.91 Å². The lowest BCUT2D eigenvalue weighted by atomic mass is 9.68. The molecule has 2 aliphatic rings. The van der Waals surface area contributed by atoms with Gasteiger partial charge in [-0.1, -0.05) is 31.4 Å². The van der Waals surface area contributed by atoms with Crippen molar-refractivity contribution in [2.75, 3.05) is 18.8 Å². The Morgan fingerprint density at radius 2 is 1.76 bits per heavy atom. The van der Waals surface area contributed by atoms with E-state index in [4.69, 9.17) is 5.73 Å². The van der Waals surface area contributed by atoms with Gasteiger partial charge in [0.2, 0.25) is 0 Å². The number of likely N-dealkylation sites (tertiary alicyclic amines) is 1. The zero-order chi connectivity index (χ0) is 14.9. The molecule has 0 radical (unpaired) electrons. The fraction of sp³-hybridized carbons (Fsp3) is 0.611. The first-order chi connectivity index (χ1) is 10.1. The molecule has 1 saturated heterocycles. The van der Waals surface area contributed by atoms with Gasteiger partial charge in [0.05, 0.1) is 5.56 Å². The van der Waals surface area contributed by atoms with E-state index in [1.165, 1.54) is 44.9 Å². The summed E-state index contributed by atoms with van der Waals surface area (Å²) in [5.41, 5.74) is 8.85. The number of carbonyl (C=O) groups excluding carboxylic acids is 1. The summed E-state index contributed by atoms with van der Waals surface area (Å²) in [6, 6.07) is 5.71. The fourth-order valence-corrected chi connectivity index (χ4v) is 4.13. The van der Waals surface area contributed by atoms with Crippen LogP contribution in [0.4, 0.5) is 5.69 Å². The molecule has 21 heavy (non-hydrogen) atoms. The Hall–Kier alpha value is -1.51. The van der Waals surface area contributed by atoms with Gasteiger partial charge in [0.1, 0.15) is 0 Å². The Balaban J connectivity index is 1.70. The highest BCUT2D eigenvalue weighted by molar-refractivity contribution is 6.00. The lowest BCUT2D eigenvalue weighted by Crippen LogP contribution is -2.44. The van der Waals surface area contributed by atoms with Gasteiger partial charge in [-0.25, -0.2) is 0 Å². The van der Waals surface area contributed by atoms with E-state index in [1.54, 1.807) is 0 Å². The van der Waals surface area contributed by atoms with Gasteiger partial charge < -0.3 is 10.6 Å². The van der Waals surface area contributed by atoms with E-state index in [0.717, 1.165) is 18.7 Å². The molecule has 2 fully saturated rings. The molecule has 1 saturated carbocycles. The molecule has 0 unspecified atom stereocenters. The average Bonchev–Trinajstić information content (AvgIpc) is 2.48. The van der Waals surface area contributed by atoms with Crippen molar-refractivity contribution in [3.63, 3.8) is 0 Å². The molecule has 1 heterocycles. The highest BCUT2D eigenvalue weighted by Crippen LogP contribution is 2.44. The van der Waals surface area contributed by atoms with Crippen molar-refractivity contribution in [3.8, 4) is 0 Å². The number of aryl methyl sites for hydroxylation is 1. The van der Waals surface area contributed by atoms with Crippen molar-refractivity contribution in [2.45, 2.75) is 51.9 Å². The summed E-state index contributed by atoms with van der Waals surface area (Å²) >= 11 is 0. The summed E-state index contributed by atoms with van der Waals surface area (Å²) in [4.78, 5) is 14.8. The number of anilines is 1. The largest absolute Gasteiger partial charge is 0.398 e. The van der Waals surface area contributed by atoms with Gasteiger partial charge in [-0.15, -0.1) is 0 Å². The van der Waals surface area contributed by atoms with Crippen LogP contribution in [0.15, 0.2) is 18.2 Å². The zero-order valence-electron chi connectivity index (χ0n) is 13.0. The molecule has 1 aliphatic heterocycles. The third kappa shape index (κ3) is 2.78. The Kier molecular flexibility index (Phi) is 3.92. The van der Waals surface area contributed by atoms with Gasteiger partial charge in [-0.05, 0) is 49.7 Å². The molecule has 1 aromatic rings. The van der Waals surface area contributed by atoms with Crippen LogP contribution in [0.2, 0.25) is 0 Å². The van der Waals surface area contributed by atoms with E-state index in [0.29, 0.717) is 16.7 Å². The van der Waals surface area contributed by atoms with E-state index in [1.807, 2.05) is 30.0 Å². The zero-order valence-corrected chi connectivity index (χ0v) is 13.0. The van der Waals surface area contributed by atoms with Crippen molar-refractivity contribution in [2.24, 2.45) is 5.41 Å². The van der Waals surface area contributed by atoms with Gasteiger partial charge in [-0.3, -0.25) is 4.79 Å². The summed E-state index contributed by atoms with van der Waals surface area (Å²) in [5, 5.41) is 0. The summed E-state index contributed by atoms with van der Waals surface area (Å²) < 4.78 is 0. The normalized spacial score (nSPS) is 21.5. The minimum atomic E-state index is 0.122. The second-order valence-corrected chi connectivity index (χ2v) is 6.89. The van der Waals surface area contributed by atoms with Crippen molar-refractivity contribution < 1.29 is 4.79 Å². The molecular weight excluding hydrogens is 260 g/mol. The summed E-state index contributed by atoms with van der Waals surface area (Å²) in [7, 11) is 0. The second-order valence-electron chi connectivity index (χ2n) is 6.89. The number of carbonyl (C=O) groups is 1. The second kappa shape index (κ2) is 5.70. The predicted octanol–water partition coefficient (Wildman–Crippen LogP) is 3.76. The minimum Gasteiger partial charge on any atom is -0.398 e. The number of amides is 1. The monoisotopic (exact) mass is 286 g/mol. The maximum Gasteiger partial charge on any atom is 0.256 e.